The fourth-order valence-electron chi connectivity index (χ4n) is 5.29. The average molecular weight is 267 g/mol. The third kappa shape index (κ3) is 2.85. The summed E-state index contributed by atoms with van der Waals surface area (Å²) in [4.78, 5) is 2.69. The molecule has 2 atom stereocenters. The minimum atomic E-state index is 0.320. The van der Waals surface area contributed by atoms with Gasteiger partial charge >= 0.3 is 0 Å². The lowest BCUT2D eigenvalue weighted by atomic mass is 9.59. The normalized spacial score (nSPS) is 35.1. The highest BCUT2D eigenvalue weighted by molar-refractivity contribution is 5.02. The van der Waals surface area contributed by atoms with Gasteiger partial charge in [0.25, 0.3) is 0 Å². The van der Waals surface area contributed by atoms with Crippen LogP contribution >= 0.6 is 0 Å². The highest BCUT2D eigenvalue weighted by Crippen LogP contribution is 2.51. The molecule has 1 saturated heterocycles. The van der Waals surface area contributed by atoms with E-state index in [1.807, 2.05) is 0 Å². The van der Waals surface area contributed by atoms with Crippen LogP contribution in [0.15, 0.2) is 0 Å². The Hall–Kier alpha value is -0.0800. The first-order valence-corrected chi connectivity index (χ1v) is 8.20. The van der Waals surface area contributed by atoms with Crippen LogP contribution in [0.3, 0.4) is 0 Å². The van der Waals surface area contributed by atoms with Gasteiger partial charge in [-0.2, -0.15) is 0 Å². The van der Waals surface area contributed by atoms with Crippen molar-refractivity contribution in [2.24, 2.45) is 17.8 Å². The lowest BCUT2D eigenvalue weighted by molar-refractivity contribution is -0.0818. The van der Waals surface area contributed by atoms with E-state index in [0.29, 0.717) is 17.7 Å². The van der Waals surface area contributed by atoms with Crippen molar-refractivity contribution in [3.05, 3.63) is 0 Å². The smallest absolute Gasteiger partial charge is 0.0433 e. The Morgan fingerprint density at radius 3 is 2.00 bits per heavy atom. The Morgan fingerprint density at radius 1 is 1.05 bits per heavy atom. The van der Waals surface area contributed by atoms with E-state index >= 15 is 0 Å². The quantitative estimate of drug-likeness (QED) is 0.840. The van der Waals surface area contributed by atoms with Crippen LogP contribution < -0.4 is 0 Å². The average Bonchev–Trinajstić information content (AvgIpc) is 2.21. The van der Waals surface area contributed by atoms with E-state index in [1.54, 1.807) is 0 Å². The van der Waals surface area contributed by atoms with Gasteiger partial charge in [0.1, 0.15) is 0 Å². The monoisotopic (exact) mass is 267 g/mol. The largest absolute Gasteiger partial charge is 0.396 e. The van der Waals surface area contributed by atoms with Gasteiger partial charge in [-0.05, 0) is 84.1 Å². The van der Waals surface area contributed by atoms with Crippen LogP contribution in [-0.4, -0.2) is 34.2 Å². The molecule has 0 aromatic heterocycles. The third-order valence-corrected chi connectivity index (χ3v) is 5.88. The van der Waals surface area contributed by atoms with Crippen molar-refractivity contribution in [1.82, 2.24) is 4.90 Å². The van der Waals surface area contributed by atoms with Crippen molar-refractivity contribution in [1.29, 1.82) is 0 Å². The molecule has 2 unspecified atom stereocenters. The standard InChI is InChI=1S/C17H33NO/c1-6-18-16(2,3)11-14(12-17(18,4)5)15-8-7-13(15)9-10-19/h13-15,19H,6-12H2,1-5H3. The van der Waals surface area contributed by atoms with E-state index in [2.05, 4.69) is 39.5 Å². The summed E-state index contributed by atoms with van der Waals surface area (Å²) in [6, 6.07) is 0. The van der Waals surface area contributed by atoms with Gasteiger partial charge in [-0.15, -0.1) is 0 Å². The van der Waals surface area contributed by atoms with E-state index in [4.69, 9.17) is 0 Å². The number of rotatable bonds is 4. The molecule has 1 aliphatic heterocycles. The van der Waals surface area contributed by atoms with Gasteiger partial charge in [0.15, 0.2) is 0 Å². The summed E-state index contributed by atoms with van der Waals surface area (Å²) in [5, 5.41) is 9.20. The summed E-state index contributed by atoms with van der Waals surface area (Å²) >= 11 is 0. The number of hydrogen-bond donors (Lipinski definition) is 1. The van der Waals surface area contributed by atoms with Gasteiger partial charge in [0, 0.05) is 17.7 Å². The van der Waals surface area contributed by atoms with E-state index in [9.17, 15) is 5.11 Å². The fourth-order valence-corrected chi connectivity index (χ4v) is 5.29. The molecule has 0 aromatic rings. The zero-order valence-corrected chi connectivity index (χ0v) is 13.6. The molecule has 2 heteroatoms. The number of aliphatic hydroxyl groups excluding tert-OH is 1. The van der Waals surface area contributed by atoms with Crippen LogP contribution in [0.25, 0.3) is 0 Å². The minimum Gasteiger partial charge on any atom is -0.396 e. The highest BCUT2D eigenvalue weighted by atomic mass is 16.3. The Labute approximate surface area is 119 Å². The fraction of sp³-hybridized carbons (Fsp3) is 1.00. The molecule has 1 heterocycles. The molecule has 19 heavy (non-hydrogen) atoms. The molecule has 2 aliphatic rings. The maximum Gasteiger partial charge on any atom is 0.0433 e. The van der Waals surface area contributed by atoms with Crippen LogP contribution in [0.2, 0.25) is 0 Å². The zero-order valence-electron chi connectivity index (χ0n) is 13.6. The van der Waals surface area contributed by atoms with Gasteiger partial charge in [-0.3, -0.25) is 4.90 Å². The van der Waals surface area contributed by atoms with Crippen molar-refractivity contribution < 1.29 is 5.11 Å². The second kappa shape index (κ2) is 5.37. The molecule has 2 rings (SSSR count). The molecule has 0 amide bonds. The van der Waals surface area contributed by atoms with Crippen molar-refractivity contribution in [3.63, 3.8) is 0 Å². The molecule has 2 fully saturated rings. The van der Waals surface area contributed by atoms with Gasteiger partial charge in [0.05, 0.1) is 0 Å². The van der Waals surface area contributed by atoms with Crippen molar-refractivity contribution >= 4 is 0 Å². The van der Waals surface area contributed by atoms with E-state index in [1.165, 1.54) is 25.7 Å². The topological polar surface area (TPSA) is 23.5 Å². The summed E-state index contributed by atoms with van der Waals surface area (Å²) in [7, 11) is 0. The van der Waals surface area contributed by atoms with E-state index in [0.717, 1.165) is 30.7 Å². The van der Waals surface area contributed by atoms with Gasteiger partial charge in [0.2, 0.25) is 0 Å². The van der Waals surface area contributed by atoms with E-state index < -0.39 is 0 Å². The Bertz CT molecular complexity index is 292. The molecule has 2 nitrogen and oxygen atoms in total. The molecule has 0 radical (unpaired) electrons. The van der Waals surface area contributed by atoms with Crippen molar-refractivity contribution in [2.75, 3.05) is 13.2 Å². The minimum absolute atomic E-state index is 0.320. The predicted octanol–water partition coefficient (Wildman–Crippen LogP) is 3.68. The maximum absolute atomic E-state index is 9.20. The summed E-state index contributed by atoms with van der Waals surface area (Å²) in [5.74, 6) is 2.54. The van der Waals surface area contributed by atoms with Gasteiger partial charge < -0.3 is 5.11 Å². The molecule has 1 saturated carbocycles. The molecule has 0 spiro atoms. The van der Waals surface area contributed by atoms with Crippen molar-refractivity contribution in [3.8, 4) is 0 Å². The van der Waals surface area contributed by atoms with Crippen LogP contribution in [-0.2, 0) is 0 Å². The lowest BCUT2D eigenvalue weighted by Gasteiger charge is -2.58. The first-order valence-electron chi connectivity index (χ1n) is 8.20. The summed E-state index contributed by atoms with van der Waals surface area (Å²) in [6.07, 6.45) is 6.43. The Morgan fingerprint density at radius 2 is 1.63 bits per heavy atom. The van der Waals surface area contributed by atoms with Crippen LogP contribution in [0.1, 0.15) is 66.7 Å². The maximum atomic E-state index is 9.20. The predicted molar refractivity (Wildman–Crippen MR) is 81.2 cm³/mol. The molecular formula is C17H33NO. The van der Waals surface area contributed by atoms with Gasteiger partial charge in [-0.25, -0.2) is 0 Å². The number of nitrogens with zero attached hydrogens (tertiary/aromatic N) is 1. The number of piperidine rings is 1. The third-order valence-electron chi connectivity index (χ3n) is 5.88. The first kappa shape index (κ1) is 15.3. The Balaban J connectivity index is 2.09. The molecule has 1 N–H and O–H groups in total. The summed E-state index contributed by atoms with van der Waals surface area (Å²) in [6.45, 7) is 13.5. The molecule has 0 aromatic carbocycles. The van der Waals surface area contributed by atoms with Crippen molar-refractivity contribution in [2.45, 2.75) is 77.8 Å². The SMILES string of the molecule is CCN1C(C)(C)CC(C2CCC2CCO)CC1(C)C. The first-order chi connectivity index (χ1) is 8.81. The number of hydrogen-bond acceptors (Lipinski definition) is 2. The van der Waals surface area contributed by atoms with Gasteiger partial charge in [-0.1, -0.05) is 6.92 Å². The van der Waals surface area contributed by atoms with E-state index in [-0.39, 0.29) is 0 Å². The van der Waals surface area contributed by atoms with Crippen LogP contribution in [0.5, 0.6) is 0 Å². The second-order valence-electron chi connectivity index (χ2n) is 8.05. The number of likely N-dealkylation sites (tertiary alicyclic amines) is 1. The summed E-state index contributed by atoms with van der Waals surface area (Å²) in [5.41, 5.74) is 0.640. The molecule has 1 aliphatic carbocycles. The number of aliphatic hydroxyl groups is 1. The Kier molecular flexibility index (Phi) is 4.32. The zero-order chi connectivity index (χ0) is 14.3. The molecule has 0 bridgehead atoms. The summed E-state index contributed by atoms with van der Waals surface area (Å²) < 4.78 is 0. The molecule has 112 valence electrons. The van der Waals surface area contributed by atoms with Crippen LogP contribution in [0.4, 0.5) is 0 Å². The second-order valence-corrected chi connectivity index (χ2v) is 8.05. The molecular weight excluding hydrogens is 234 g/mol. The van der Waals surface area contributed by atoms with Crippen LogP contribution in [0, 0.1) is 17.8 Å². The highest BCUT2D eigenvalue weighted by Gasteiger charge is 2.48. The lowest BCUT2D eigenvalue weighted by Crippen LogP contribution is -2.61.